The third kappa shape index (κ3) is 3.04. The van der Waals surface area contributed by atoms with Crippen LogP contribution in [0.4, 0.5) is 10.1 Å². The first kappa shape index (κ1) is 19.6. The summed E-state index contributed by atoms with van der Waals surface area (Å²) < 4.78 is 34.6. The van der Waals surface area contributed by atoms with Gasteiger partial charge in [-0.05, 0) is 17.7 Å². The summed E-state index contributed by atoms with van der Waals surface area (Å²) in [7, 11) is 5.87. The number of amides is 1. The van der Waals surface area contributed by atoms with E-state index in [0.717, 1.165) is 0 Å². The summed E-state index contributed by atoms with van der Waals surface area (Å²) in [6.45, 7) is -0.808. The van der Waals surface area contributed by atoms with E-state index in [0.29, 0.717) is 34.2 Å². The van der Waals surface area contributed by atoms with Gasteiger partial charge in [-0.1, -0.05) is 6.07 Å². The van der Waals surface area contributed by atoms with E-state index in [2.05, 4.69) is 0 Å². The van der Waals surface area contributed by atoms with Crippen LogP contribution in [0.25, 0.3) is 0 Å². The Bertz CT molecular complexity index is 862. The Labute approximate surface area is 162 Å². The number of nitrogens with zero attached hydrogens (tertiary/aromatic N) is 1. The minimum atomic E-state index is -0.841. The quantitative estimate of drug-likeness (QED) is 0.731. The summed E-state index contributed by atoms with van der Waals surface area (Å²) in [6.07, 6.45) is 0. The third-order valence-electron chi connectivity index (χ3n) is 4.85. The maximum absolute atomic E-state index is 13.6. The Kier molecular flexibility index (Phi) is 5.48. The molecule has 1 fully saturated rings. The first-order valence-electron chi connectivity index (χ1n) is 8.56. The highest BCUT2D eigenvalue weighted by Gasteiger charge is 2.49. The van der Waals surface area contributed by atoms with E-state index in [1.165, 1.54) is 39.4 Å². The first-order valence-corrected chi connectivity index (χ1v) is 8.56. The number of phenolic OH excluding ortho intramolecular Hbond substituents is 1. The average Bonchev–Trinajstić information content (AvgIpc) is 2.71. The molecule has 0 aliphatic carbocycles. The van der Waals surface area contributed by atoms with Crippen LogP contribution in [0.1, 0.15) is 11.6 Å². The largest absolute Gasteiger partial charge is 0.504 e. The molecule has 0 spiro atoms. The molecular weight excluding hydrogens is 369 g/mol. The second-order valence-electron chi connectivity index (χ2n) is 6.23. The molecule has 0 unspecified atom stereocenters. The predicted molar refractivity (Wildman–Crippen MR) is 100 cm³/mol. The van der Waals surface area contributed by atoms with Gasteiger partial charge < -0.3 is 29.0 Å². The molecule has 8 heteroatoms. The number of ether oxygens (including phenoxy) is 4. The summed E-state index contributed by atoms with van der Waals surface area (Å²) in [6, 6.07) is 7.43. The number of carbonyl (C=O) groups is 1. The van der Waals surface area contributed by atoms with Crippen LogP contribution in [-0.4, -0.2) is 46.1 Å². The van der Waals surface area contributed by atoms with Gasteiger partial charge in [0.15, 0.2) is 23.0 Å². The molecule has 150 valence electrons. The first-order chi connectivity index (χ1) is 13.5. The molecular formula is C20H22FNO6. The van der Waals surface area contributed by atoms with Gasteiger partial charge in [0.05, 0.1) is 46.1 Å². The Morgan fingerprint density at radius 2 is 1.57 bits per heavy atom. The van der Waals surface area contributed by atoms with Gasteiger partial charge in [-0.25, -0.2) is 0 Å². The standard InChI is InChI=1S/C20H22FNO6/c1-25-15-6-5-11(7-14(15)23)18-13(10-21)20(24)22(18)12-8-16(26-2)19(28-4)17(9-12)27-3/h5-9,13,18,23H,10H2,1-4H3/t13-,18-/m0/s1. The number of aromatic hydroxyl groups is 1. The lowest BCUT2D eigenvalue weighted by molar-refractivity contribution is -0.131. The molecule has 1 aliphatic rings. The van der Waals surface area contributed by atoms with Crippen LogP contribution in [0.15, 0.2) is 30.3 Å². The highest BCUT2D eigenvalue weighted by Crippen LogP contribution is 2.49. The van der Waals surface area contributed by atoms with Crippen molar-refractivity contribution in [2.24, 2.45) is 5.92 Å². The molecule has 1 N–H and O–H groups in total. The van der Waals surface area contributed by atoms with Crippen molar-refractivity contribution in [3.63, 3.8) is 0 Å². The average molecular weight is 391 g/mol. The number of hydrogen-bond donors (Lipinski definition) is 1. The van der Waals surface area contributed by atoms with Gasteiger partial charge in [-0.15, -0.1) is 0 Å². The van der Waals surface area contributed by atoms with E-state index in [4.69, 9.17) is 18.9 Å². The van der Waals surface area contributed by atoms with Crippen molar-refractivity contribution in [3.8, 4) is 28.7 Å². The molecule has 3 rings (SSSR count). The molecule has 0 saturated carbocycles. The second kappa shape index (κ2) is 7.84. The van der Waals surface area contributed by atoms with Crippen LogP contribution in [0.5, 0.6) is 28.7 Å². The van der Waals surface area contributed by atoms with Crippen molar-refractivity contribution in [1.29, 1.82) is 0 Å². The van der Waals surface area contributed by atoms with Crippen LogP contribution in [-0.2, 0) is 4.79 Å². The number of halogens is 1. The van der Waals surface area contributed by atoms with Crippen LogP contribution in [0.3, 0.4) is 0 Å². The zero-order valence-corrected chi connectivity index (χ0v) is 16.1. The predicted octanol–water partition coefficient (Wildman–Crippen LogP) is 3.10. The molecule has 1 aliphatic heterocycles. The number of β-lactam (4-membered cyclic amide) rings is 1. The zero-order chi connectivity index (χ0) is 20.4. The van der Waals surface area contributed by atoms with Crippen LogP contribution >= 0.6 is 0 Å². The van der Waals surface area contributed by atoms with Gasteiger partial charge in [-0.2, -0.15) is 0 Å². The molecule has 1 heterocycles. The number of alkyl halides is 1. The number of phenols is 1. The van der Waals surface area contributed by atoms with Crippen molar-refractivity contribution < 1.29 is 33.2 Å². The van der Waals surface area contributed by atoms with E-state index in [1.54, 1.807) is 24.3 Å². The van der Waals surface area contributed by atoms with Crippen molar-refractivity contribution in [2.45, 2.75) is 6.04 Å². The minimum Gasteiger partial charge on any atom is -0.504 e. The smallest absolute Gasteiger partial charge is 0.235 e. The zero-order valence-electron chi connectivity index (χ0n) is 16.1. The fraction of sp³-hybridized carbons (Fsp3) is 0.350. The van der Waals surface area contributed by atoms with Gasteiger partial charge in [0.1, 0.15) is 6.67 Å². The lowest BCUT2D eigenvalue weighted by Crippen LogP contribution is -2.56. The number of benzene rings is 2. The summed E-state index contributed by atoms with van der Waals surface area (Å²) in [4.78, 5) is 14.1. The monoisotopic (exact) mass is 391 g/mol. The molecule has 2 aromatic rings. The molecule has 0 bridgehead atoms. The van der Waals surface area contributed by atoms with Crippen molar-refractivity contribution in [2.75, 3.05) is 40.0 Å². The molecule has 7 nitrogen and oxygen atoms in total. The van der Waals surface area contributed by atoms with Crippen LogP contribution < -0.4 is 23.8 Å². The number of hydrogen-bond acceptors (Lipinski definition) is 6. The Balaban J connectivity index is 2.07. The van der Waals surface area contributed by atoms with Gasteiger partial charge >= 0.3 is 0 Å². The molecule has 28 heavy (non-hydrogen) atoms. The molecule has 2 aromatic carbocycles. The van der Waals surface area contributed by atoms with Crippen LogP contribution in [0, 0.1) is 5.92 Å². The summed E-state index contributed by atoms with van der Waals surface area (Å²) in [5, 5.41) is 10.1. The fourth-order valence-corrected chi connectivity index (χ4v) is 3.47. The van der Waals surface area contributed by atoms with Gasteiger partial charge in [0.2, 0.25) is 11.7 Å². The number of rotatable bonds is 7. The topological polar surface area (TPSA) is 77.5 Å². The number of methoxy groups -OCH3 is 4. The molecule has 0 aromatic heterocycles. The molecule has 1 saturated heterocycles. The summed E-state index contributed by atoms with van der Waals surface area (Å²) >= 11 is 0. The van der Waals surface area contributed by atoms with Crippen molar-refractivity contribution in [3.05, 3.63) is 35.9 Å². The highest BCUT2D eigenvalue weighted by molar-refractivity contribution is 6.03. The van der Waals surface area contributed by atoms with E-state index < -0.39 is 18.6 Å². The molecule has 0 radical (unpaired) electrons. The summed E-state index contributed by atoms with van der Waals surface area (Å²) in [5.41, 5.74) is 1.07. The maximum atomic E-state index is 13.6. The Morgan fingerprint density at radius 1 is 0.964 bits per heavy atom. The lowest BCUT2D eigenvalue weighted by Gasteiger charge is -2.46. The molecule has 2 atom stereocenters. The second-order valence-corrected chi connectivity index (χ2v) is 6.23. The van der Waals surface area contributed by atoms with E-state index in [-0.39, 0.29) is 11.7 Å². The lowest BCUT2D eigenvalue weighted by atomic mass is 9.82. The van der Waals surface area contributed by atoms with E-state index in [9.17, 15) is 14.3 Å². The SMILES string of the molecule is COc1ccc([C@H]2[C@H](CF)C(=O)N2c2cc(OC)c(OC)c(OC)c2)cc1O. The normalized spacial score (nSPS) is 18.5. The van der Waals surface area contributed by atoms with Gasteiger partial charge in [-0.3, -0.25) is 9.18 Å². The highest BCUT2D eigenvalue weighted by atomic mass is 19.1. The van der Waals surface area contributed by atoms with Gasteiger partial charge in [0, 0.05) is 12.1 Å². The number of carbonyl (C=O) groups excluding carboxylic acids is 1. The van der Waals surface area contributed by atoms with E-state index >= 15 is 0 Å². The third-order valence-corrected chi connectivity index (χ3v) is 4.85. The fourth-order valence-electron chi connectivity index (χ4n) is 3.47. The Morgan fingerprint density at radius 3 is 2.04 bits per heavy atom. The summed E-state index contributed by atoms with van der Waals surface area (Å²) in [5.74, 6) is 0.160. The number of anilines is 1. The molecule has 1 amide bonds. The van der Waals surface area contributed by atoms with Gasteiger partial charge in [0.25, 0.3) is 0 Å². The van der Waals surface area contributed by atoms with E-state index in [1.807, 2.05) is 0 Å². The van der Waals surface area contributed by atoms with Crippen molar-refractivity contribution in [1.82, 2.24) is 0 Å². The Hall–Kier alpha value is -3.16. The minimum absolute atomic E-state index is 0.0817. The van der Waals surface area contributed by atoms with Crippen LogP contribution in [0.2, 0.25) is 0 Å². The van der Waals surface area contributed by atoms with Crippen molar-refractivity contribution >= 4 is 11.6 Å². The maximum Gasteiger partial charge on any atom is 0.235 e.